The molecule has 0 saturated heterocycles. The van der Waals surface area contributed by atoms with Crippen LogP contribution in [0.4, 0.5) is 5.69 Å². The summed E-state index contributed by atoms with van der Waals surface area (Å²) in [4.78, 5) is 7.39. The first-order valence-corrected chi connectivity index (χ1v) is 12.5. The molecule has 0 fully saturated rings. The van der Waals surface area contributed by atoms with E-state index in [0.717, 1.165) is 52.8 Å². The van der Waals surface area contributed by atoms with Gasteiger partial charge in [-0.2, -0.15) is 11.8 Å². The maximum Gasteiger partial charge on any atom is 0.119 e. The van der Waals surface area contributed by atoms with Crippen LogP contribution in [0, 0.1) is 0 Å². The van der Waals surface area contributed by atoms with E-state index in [-0.39, 0.29) is 0 Å². The number of fused-ring (bicyclic) bond motifs is 2. The summed E-state index contributed by atoms with van der Waals surface area (Å²) in [6, 6.07) is 11.9. The number of hydrogen-bond donors (Lipinski definition) is 1. The lowest BCUT2D eigenvalue weighted by atomic mass is 10.1. The van der Waals surface area contributed by atoms with Crippen LogP contribution in [0.1, 0.15) is 26.2 Å². The number of methoxy groups -OCH3 is 1. The molecule has 0 aliphatic carbocycles. The van der Waals surface area contributed by atoms with E-state index >= 15 is 0 Å². The second kappa shape index (κ2) is 11.6. The fourth-order valence-corrected chi connectivity index (χ4v) is 4.40. The van der Waals surface area contributed by atoms with Crippen LogP contribution in [0.5, 0.6) is 5.75 Å². The highest BCUT2D eigenvalue weighted by molar-refractivity contribution is 7.98. The van der Waals surface area contributed by atoms with Gasteiger partial charge in [-0.15, -0.1) is 0 Å². The van der Waals surface area contributed by atoms with E-state index in [2.05, 4.69) is 35.5 Å². The number of pyridine rings is 1. The van der Waals surface area contributed by atoms with Gasteiger partial charge in [-0.05, 0) is 87.3 Å². The molecule has 0 atom stereocenters. The fraction of sp³-hybridized carbons (Fsp3) is 0.458. The summed E-state index contributed by atoms with van der Waals surface area (Å²) in [6.07, 6.45) is 5.74. The quantitative estimate of drug-likeness (QED) is 0.261. The molecule has 1 N–H and O–H groups in total. The topological polar surface area (TPSA) is 37.4 Å². The van der Waals surface area contributed by atoms with Gasteiger partial charge in [0, 0.05) is 22.3 Å². The van der Waals surface area contributed by atoms with Gasteiger partial charge in [-0.3, -0.25) is 0 Å². The third-order valence-corrected chi connectivity index (χ3v) is 6.19. The lowest BCUT2D eigenvalue weighted by molar-refractivity contribution is 0.275. The molecule has 0 aliphatic heterocycles. The highest BCUT2D eigenvalue weighted by Crippen LogP contribution is 2.34. The SMILES string of the molecule is CCCN(CCCNc1c2ccc(Cl)cc2nc2ccc(OC)cc12)CCCSC. The van der Waals surface area contributed by atoms with E-state index in [1.807, 2.05) is 36.0 Å². The van der Waals surface area contributed by atoms with Gasteiger partial charge in [0.15, 0.2) is 0 Å². The van der Waals surface area contributed by atoms with Gasteiger partial charge in [0.25, 0.3) is 0 Å². The minimum absolute atomic E-state index is 0.703. The van der Waals surface area contributed by atoms with E-state index in [9.17, 15) is 0 Å². The molecular weight excluding hydrogens is 414 g/mol. The Morgan fingerprint density at radius 2 is 1.87 bits per heavy atom. The number of rotatable bonds is 12. The summed E-state index contributed by atoms with van der Waals surface area (Å²) in [5, 5.41) is 6.57. The molecule has 0 aliphatic rings. The molecule has 162 valence electrons. The number of nitrogens with one attached hydrogen (secondary N) is 1. The zero-order valence-corrected chi connectivity index (χ0v) is 19.8. The Morgan fingerprint density at radius 3 is 2.63 bits per heavy atom. The van der Waals surface area contributed by atoms with Crippen molar-refractivity contribution in [1.29, 1.82) is 0 Å². The first-order chi connectivity index (χ1) is 14.7. The standard InChI is InChI=1S/C24H32ClN3OS/c1-4-12-28(14-6-15-30-3)13-5-11-26-24-20-9-7-18(25)16-23(20)27-22-10-8-19(29-2)17-21(22)24/h7-10,16-17H,4-6,11-15H2,1-3H3,(H,26,27). The lowest BCUT2D eigenvalue weighted by Crippen LogP contribution is -2.28. The summed E-state index contributed by atoms with van der Waals surface area (Å²) in [5.41, 5.74) is 2.96. The Kier molecular flexibility index (Phi) is 8.91. The van der Waals surface area contributed by atoms with E-state index in [1.165, 1.54) is 31.7 Å². The number of ether oxygens (including phenoxy) is 1. The third kappa shape index (κ3) is 5.93. The summed E-state index contributed by atoms with van der Waals surface area (Å²) >= 11 is 8.15. The Labute approximate surface area is 189 Å². The van der Waals surface area contributed by atoms with Crippen molar-refractivity contribution >= 4 is 50.9 Å². The molecule has 3 aromatic rings. The molecule has 0 bridgehead atoms. The predicted molar refractivity (Wildman–Crippen MR) is 134 cm³/mol. The molecule has 6 heteroatoms. The highest BCUT2D eigenvalue weighted by atomic mass is 35.5. The van der Waals surface area contributed by atoms with Gasteiger partial charge in [0.2, 0.25) is 0 Å². The van der Waals surface area contributed by atoms with Crippen molar-refractivity contribution in [2.75, 3.05) is 50.6 Å². The van der Waals surface area contributed by atoms with E-state index in [1.54, 1.807) is 7.11 Å². The van der Waals surface area contributed by atoms with Crippen molar-refractivity contribution in [1.82, 2.24) is 9.88 Å². The fourth-order valence-electron chi connectivity index (χ4n) is 3.81. The minimum Gasteiger partial charge on any atom is -0.497 e. The van der Waals surface area contributed by atoms with Crippen LogP contribution in [0.3, 0.4) is 0 Å². The molecule has 0 saturated carbocycles. The second-order valence-electron chi connectivity index (χ2n) is 7.50. The summed E-state index contributed by atoms with van der Waals surface area (Å²) in [7, 11) is 1.70. The van der Waals surface area contributed by atoms with Crippen LogP contribution >= 0.6 is 23.4 Å². The van der Waals surface area contributed by atoms with Crippen molar-refractivity contribution in [2.45, 2.75) is 26.2 Å². The van der Waals surface area contributed by atoms with Crippen molar-refractivity contribution < 1.29 is 4.74 Å². The van der Waals surface area contributed by atoms with Gasteiger partial charge in [0.05, 0.1) is 23.8 Å². The number of nitrogens with zero attached hydrogens (tertiary/aromatic N) is 2. The summed E-state index contributed by atoms with van der Waals surface area (Å²) in [6.45, 7) is 6.65. The monoisotopic (exact) mass is 445 g/mol. The maximum atomic E-state index is 6.23. The normalized spacial score (nSPS) is 11.5. The minimum atomic E-state index is 0.703. The molecule has 30 heavy (non-hydrogen) atoms. The molecule has 0 radical (unpaired) electrons. The van der Waals surface area contributed by atoms with Crippen molar-refractivity contribution in [3.8, 4) is 5.75 Å². The van der Waals surface area contributed by atoms with Crippen molar-refractivity contribution in [2.24, 2.45) is 0 Å². The summed E-state index contributed by atoms with van der Waals surface area (Å²) < 4.78 is 5.45. The first-order valence-electron chi connectivity index (χ1n) is 10.7. The first kappa shape index (κ1) is 23.0. The molecule has 0 spiro atoms. The molecule has 1 aromatic heterocycles. The van der Waals surface area contributed by atoms with Gasteiger partial charge in [-0.1, -0.05) is 18.5 Å². The van der Waals surface area contributed by atoms with E-state index in [0.29, 0.717) is 5.02 Å². The number of aromatic nitrogens is 1. The average Bonchev–Trinajstić information content (AvgIpc) is 2.75. The zero-order valence-electron chi connectivity index (χ0n) is 18.2. The highest BCUT2D eigenvalue weighted by Gasteiger charge is 2.11. The molecule has 0 amide bonds. The van der Waals surface area contributed by atoms with Crippen LogP contribution in [-0.4, -0.2) is 55.2 Å². The number of halogens is 1. The van der Waals surface area contributed by atoms with Crippen LogP contribution in [0.25, 0.3) is 21.8 Å². The second-order valence-corrected chi connectivity index (χ2v) is 8.92. The van der Waals surface area contributed by atoms with Gasteiger partial charge in [-0.25, -0.2) is 4.98 Å². The molecule has 3 rings (SSSR count). The van der Waals surface area contributed by atoms with Crippen LogP contribution in [-0.2, 0) is 0 Å². The lowest BCUT2D eigenvalue weighted by Gasteiger charge is -2.22. The van der Waals surface area contributed by atoms with Crippen LogP contribution < -0.4 is 10.1 Å². The Morgan fingerprint density at radius 1 is 1.03 bits per heavy atom. The molecule has 4 nitrogen and oxygen atoms in total. The van der Waals surface area contributed by atoms with Crippen molar-refractivity contribution in [3.63, 3.8) is 0 Å². The summed E-state index contributed by atoms with van der Waals surface area (Å²) in [5.74, 6) is 2.07. The zero-order chi connectivity index (χ0) is 21.3. The van der Waals surface area contributed by atoms with Crippen molar-refractivity contribution in [3.05, 3.63) is 41.4 Å². The van der Waals surface area contributed by atoms with E-state index < -0.39 is 0 Å². The van der Waals surface area contributed by atoms with Crippen LogP contribution in [0.2, 0.25) is 5.02 Å². The number of anilines is 1. The largest absolute Gasteiger partial charge is 0.497 e. The maximum absolute atomic E-state index is 6.23. The number of benzene rings is 2. The van der Waals surface area contributed by atoms with Gasteiger partial charge in [0.1, 0.15) is 5.75 Å². The molecule has 0 unspecified atom stereocenters. The number of thioether (sulfide) groups is 1. The van der Waals surface area contributed by atoms with Gasteiger partial charge >= 0.3 is 0 Å². The molecule has 1 heterocycles. The number of hydrogen-bond acceptors (Lipinski definition) is 5. The van der Waals surface area contributed by atoms with Crippen LogP contribution in [0.15, 0.2) is 36.4 Å². The van der Waals surface area contributed by atoms with Gasteiger partial charge < -0.3 is 15.0 Å². The molecule has 2 aromatic carbocycles. The Hall–Kier alpha value is -1.69. The average molecular weight is 446 g/mol. The predicted octanol–water partition coefficient (Wildman–Crippen LogP) is 6.32. The Bertz CT molecular complexity index is 966. The molecular formula is C24H32ClN3OS. The smallest absolute Gasteiger partial charge is 0.119 e. The Balaban J connectivity index is 1.77. The van der Waals surface area contributed by atoms with E-state index in [4.69, 9.17) is 21.3 Å². The third-order valence-electron chi connectivity index (χ3n) is 5.26.